The second-order valence-corrected chi connectivity index (χ2v) is 24.6. The van der Waals surface area contributed by atoms with E-state index in [-0.39, 0.29) is 28.7 Å². The Kier molecular flexibility index (Phi) is 13.4. The van der Waals surface area contributed by atoms with Gasteiger partial charge in [-0.15, -0.1) is 0 Å². The van der Waals surface area contributed by atoms with Crippen LogP contribution < -0.4 is 0 Å². The van der Waals surface area contributed by atoms with Crippen LogP contribution in [0.1, 0.15) is 111 Å². The van der Waals surface area contributed by atoms with E-state index in [9.17, 15) is 15.0 Å². The lowest BCUT2D eigenvalue weighted by molar-refractivity contribution is -0.137. The number of hydrogen-bond acceptors (Lipinski definition) is 5. The molecular weight excluding hydrogens is 571 g/mol. The Balaban J connectivity index is 2.59. The van der Waals surface area contributed by atoms with Crippen LogP contribution in [-0.4, -0.2) is 50.0 Å². The number of nitrogens with zero attached hydrogens (tertiary/aromatic N) is 1. The van der Waals surface area contributed by atoms with Crippen molar-refractivity contribution in [2.24, 2.45) is 0 Å². The number of benzene rings is 1. The summed E-state index contributed by atoms with van der Waals surface area (Å²) < 4.78 is 14.1. The number of aliphatic carboxylic acids is 1. The van der Waals surface area contributed by atoms with Gasteiger partial charge in [0.2, 0.25) is 0 Å². The average molecular weight is 630 g/mol. The van der Waals surface area contributed by atoms with Gasteiger partial charge < -0.3 is 19.1 Å². The van der Waals surface area contributed by atoms with E-state index in [1.54, 1.807) is 0 Å². The number of hydrogen-bond donors (Lipinski definition) is 2. The standard InChI is InChI=1S/C35H59NO5Si2/c1-12-13-14-20-29(37)33-28-19-16-15-18-27(28)26(25-36-33)23-24-31(41-43(10,11)35(5,6)7)30(21-17-22-32(38)39)40-42(8,9)34(2,3)4/h15-16,18-19,23-25,29-31,37H,12-14,17,20-22H2,1-11H3,(H,38,39)/t29-,30?,31?/m1/s1. The van der Waals surface area contributed by atoms with Crippen LogP contribution >= 0.6 is 0 Å². The summed E-state index contributed by atoms with van der Waals surface area (Å²) in [6.07, 6.45) is 9.93. The molecule has 1 heterocycles. The van der Waals surface area contributed by atoms with Gasteiger partial charge in [0.1, 0.15) is 0 Å². The Bertz CT molecular complexity index is 1210. The molecule has 2 unspecified atom stereocenters. The van der Waals surface area contributed by atoms with Crippen LogP contribution in [0.3, 0.4) is 0 Å². The van der Waals surface area contributed by atoms with Crippen molar-refractivity contribution in [1.82, 2.24) is 4.98 Å². The minimum Gasteiger partial charge on any atom is -0.481 e. The molecule has 0 aliphatic rings. The van der Waals surface area contributed by atoms with Gasteiger partial charge in [-0.25, -0.2) is 0 Å². The molecule has 2 rings (SSSR count). The highest BCUT2D eigenvalue weighted by Crippen LogP contribution is 2.41. The Labute approximate surface area is 263 Å². The molecule has 8 heteroatoms. The van der Waals surface area contributed by atoms with Gasteiger partial charge in [0.05, 0.1) is 24.0 Å². The summed E-state index contributed by atoms with van der Waals surface area (Å²) >= 11 is 0. The van der Waals surface area contributed by atoms with Crippen molar-refractivity contribution < 1.29 is 23.9 Å². The summed E-state index contributed by atoms with van der Waals surface area (Å²) in [6.45, 7) is 24.5. The van der Waals surface area contributed by atoms with Crippen molar-refractivity contribution in [2.45, 2.75) is 148 Å². The molecule has 1 aromatic carbocycles. The molecular formula is C35H59NO5Si2. The SMILES string of the molecule is CCCCC[C@@H](O)c1ncc(C=CC(O[Si](C)(C)C(C)(C)C)C(CCCC(=O)O)O[Si](C)(C)C(C)(C)C)c2ccccc12. The van der Waals surface area contributed by atoms with Crippen molar-refractivity contribution in [2.75, 3.05) is 0 Å². The summed E-state index contributed by atoms with van der Waals surface area (Å²) in [7, 11) is -4.43. The number of aliphatic hydroxyl groups excluding tert-OH is 1. The van der Waals surface area contributed by atoms with E-state index in [1.165, 1.54) is 0 Å². The van der Waals surface area contributed by atoms with E-state index >= 15 is 0 Å². The molecule has 242 valence electrons. The number of rotatable bonds is 16. The van der Waals surface area contributed by atoms with Gasteiger partial charge >= 0.3 is 5.97 Å². The van der Waals surface area contributed by atoms with Crippen LogP contribution in [0.25, 0.3) is 16.8 Å². The van der Waals surface area contributed by atoms with E-state index < -0.39 is 28.7 Å². The number of fused-ring (bicyclic) bond motifs is 1. The molecule has 2 aromatic rings. The highest BCUT2D eigenvalue weighted by molar-refractivity contribution is 6.74. The number of aromatic nitrogens is 1. The second kappa shape index (κ2) is 15.4. The van der Waals surface area contributed by atoms with Crippen LogP contribution in [0.2, 0.25) is 36.3 Å². The first-order valence-corrected chi connectivity index (χ1v) is 21.9. The largest absolute Gasteiger partial charge is 0.481 e. The van der Waals surface area contributed by atoms with Crippen molar-refractivity contribution in [3.05, 3.63) is 47.8 Å². The first-order valence-electron chi connectivity index (χ1n) is 16.1. The quantitative estimate of drug-likeness (QED) is 0.142. The fourth-order valence-corrected chi connectivity index (χ4v) is 7.24. The zero-order valence-electron chi connectivity index (χ0n) is 28.8. The van der Waals surface area contributed by atoms with Crippen LogP contribution in [-0.2, 0) is 13.6 Å². The third kappa shape index (κ3) is 10.6. The van der Waals surface area contributed by atoms with Gasteiger partial charge in [0, 0.05) is 23.6 Å². The van der Waals surface area contributed by atoms with E-state index in [1.807, 2.05) is 24.4 Å². The van der Waals surface area contributed by atoms with Crippen molar-refractivity contribution >= 4 is 39.5 Å². The minimum atomic E-state index is -2.23. The lowest BCUT2D eigenvalue weighted by Crippen LogP contribution is -2.51. The van der Waals surface area contributed by atoms with Gasteiger partial charge in [-0.1, -0.05) is 104 Å². The number of carboxylic acids is 1. The summed E-state index contributed by atoms with van der Waals surface area (Å²) in [5.41, 5.74) is 1.69. The fraction of sp³-hybridized carbons (Fsp3) is 0.657. The second-order valence-electron chi connectivity index (χ2n) is 15.1. The normalized spacial score (nSPS) is 15.6. The van der Waals surface area contributed by atoms with Crippen LogP contribution in [0.5, 0.6) is 0 Å². The van der Waals surface area contributed by atoms with Gasteiger partial charge in [-0.05, 0) is 60.9 Å². The molecule has 0 saturated carbocycles. The monoisotopic (exact) mass is 629 g/mol. The zero-order chi connectivity index (χ0) is 32.6. The molecule has 43 heavy (non-hydrogen) atoms. The van der Waals surface area contributed by atoms with E-state index in [2.05, 4.69) is 92.9 Å². The van der Waals surface area contributed by atoms with Gasteiger partial charge in [-0.3, -0.25) is 9.78 Å². The summed E-state index contributed by atoms with van der Waals surface area (Å²) in [5.74, 6) is -0.794. The van der Waals surface area contributed by atoms with Crippen LogP contribution in [0.15, 0.2) is 36.5 Å². The summed E-state index contributed by atoms with van der Waals surface area (Å²) in [6, 6.07) is 8.14. The molecule has 3 atom stereocenters. The smallest absolute Gasteiger partial charge is 0.303 e. The molecule has 0 fully saturated rings. The first kappa shape index (κ1) is 37.3. The average Bonchev–Trinajstić information content (AvgIpc) is 2.88. The third-order valence-corrected chi connectivity index (χ3v) is 18.4. The summed E-state index contributed by atoms with van der Waals surface area (Å²) in [4.78, 5) is 16.2. The molecule has 0 radical (unpaired) electrons. The number of carbonyl (C=O) groups is 1. The number of aliphatic hydroxyl groups is 1. The number of carboxylic acid groups (broad SMARTS) is 1. The number of unbranched alkanes of at least 4 members (excludes halogenated alkanes) is 2. The Hall–Kier alpha value is -1.85. The van der Waals surface area contributed by atoms with Crippen LogP contribution in [0, 0.1) is 0 Å². The molecule has 0 amide bonds. The molecule has 1 aromatic heterocycles. The molecule has 0 saturated heterocycles. The third-order valence-electron chi connectivity index (χ3n) is 9.45. The Morgan fingerprint density at radius 2 is 1.49 bits per heavy atom. The number of pyridine rings is 1. The van der Waals surface area contributed by atoms with Crippen molar-refractivity contribution in [1.29, 1.82) is 0 Å². The maximum absolute atomic E-state index is 11.4. The predicted octanol–water partition coefficient (Wildman–Crippen LogP) is 9.90. The van der Waals surface area contributed by atoms with E-state index in [0.29, 0.717) is 19.3 Å². The van der Waals surface area contributed by atoms with Crippen LogP contribution in [0.4, 0.5) is 0 Å². The highest BCUT2D eigenvalue weighted by Gasteiger charge is 2.44. The highest BCUT2D eigenvalue weighted by atomic mass is 28.4. The topological polar surface area (TPSA) is 88.9 Å². The minimum absolute atomic E-state index is 0.00277. The lowest BCUT2D eigenvalue weighted by Gasteiger charge is -2.44. The Morgan fingerprint density at radius 3 is 2.05 bits per heavy atom. The van der Waals surface area contributed by atoms with Crippen molar-refractivity contribution in [3.8, 4) is 0 Å². The predicted molar refractivity (Wildman–Crippen MR) is 186 cm³/mol. The van der Waals surface area contributed by atoms with Crippen molar-refractivity contribution in [3.63, 3.8) is 0 Å². The maximum Gasteiger partial charge on any atom is 0.303 e. The molecule has 0 spiro atoms. The van der Waals surface area contributed by atoms with Gasteiger partial charge in [-0.2, -0.15) is 0 Å². The molecule has 2 N–H and O–H groups in total. The lowest BCUT2D eigenvalue weighted by atomic mass is 9.99. The van der Waals surface area contributed by atoms with Gasteiger partial charge in [0.15, 0.2) is 16.6 Å². The molecule has 0 aliphatic carbocycles. The first-order chi connectivity index (χ1) is 19.8. The molecule has 0 bridgehead atoms. The zero-order valence-corrected chi connectivity index (χ0v) is 30.8. The van der Waals surface area contributed by atoms with E-state index in [0.717, 1.165) is 41.3 Å². The fourth-order valence-electron chi connectivity index (χ4n) is 4.61. The molecule has 0 aliphatic heterocycles. The van der Waals surface area contributed by atoms with Gasteiger partial charge in [0.25, 0.3) is 0 Å². The van der Waals surface area contributed by atoms with E-state index in [4.69, 9.17) is 13.8 Å². The molecule has 6 nitrogen and oxygen atoms in total. The maximum atomic E-state index is 11.4. The Morgan fingerprint density at radius 1 is 0.907 bits per heavy atom. The summed E-state index contributed by atoms with van der Waals surface area (Å²) in [5, 5.41) is 22.4.